The summed E-state index contributed by atoms with van der Waals surface area (Å²) in [4.78, 5) is 4.18. The second-order valence-corrected chi connectivity index (χ2v) is 5.31. The van der Waals surface area contributed by atoms with Gasteiger partial charge in [0.15, 0.2) is 0 Å². The lowest BCUT2D eigenvalue weighted by Gasteiger charge is -2.13. The Morgan fingerprint density at radius 1 is 1.20 bits per heavy atom. The standard InChI is InChI=1S/C14H13F3N2S/c1-10-6-7-18-8-11(10)9-19-12-4-2-3-5-13(12)20-14(15,16)17/h2-8,19H,9H2,1H3. The van der Waals surface area contributed by atoms with Gasteiger partial charge in [0.1, 0.15) is 0 Å². The first-order valence-electron chi connectivity index (χ1n) is 5.94. The Bertz CT molecular complexity index is 585. The molecule has 0 aliphatic rings. The van der Waals surface area contributed by atoms with Gasteiger partial charge >= 0.3 is 5.51 Å². The number of halogens is 3. The van der Waals surface area contributed by atoms with Crippen LogP contribution < -0.4 is 5.32 Å². The minimum atomic E-state index is -4.29. The molecule has 106 valence electrons. The maximum absolute atomic E-state index is 12.5. The SMILES string of the molecule is Cc1ccncc1CNc1ccccc1SC(F)(F)F. The molecule has 0 saturated heterocycles. The molecule has 1 heterocycles. The maximum Gasteiger partial charge on any atom is 0.446 e. The third-order valence-corrected chi connectivity index (χ3v) is 3.54. The van der Waals surface area contributed by atoms with E-state index in [1.54, 1.807) is 30.6 Å². The molecule has 0 aliphatic carbocycles. The summed E-state index contributed by atoms with van der Waals surface area (Å²) in [6, 6.07) is 8.26. The second kappa shape index (κ2) is 6.17. The number of anilines is 1. The maximum atomic E-state index is 12.5. The number of nitrogens with zero attached hydrogens (tertiary/aromatic N) is 1. The number of thioether (sulfide) groups is 1. The number of pyridine rings is 1. The van der Waals surface area contributed by atoms with Crippen molar-refractivity contribution in [3.05, 3.63) is 53.9 Å². The molecule has 1 aromatic carbocycles. The van der Waals surface area contributed by atoms with Gasteiger partial charge in [0.2, 0.25) is 0 Å². The van der Waals surface area contributed by atoms with Crippen LogP contribution in [-0.2, 0) is 6.54 Å². The number of benzene rings is 1. The van der Waals surface area contributed by atoms with Crippen LogP contribution in [0.25, 0.3) is 0 Å². The highest BCUT2D eigenvalue weighted by Crippen LogP contribution is 2.40. The number of hydrogen-bond acceptors (Lipinski definition) is 3. The third kappa shape index (κ3) is 4.16. The van der Waals surface area contributed by atoms with Gasteiger partial charge in [0, 0.05) is 29.5 Å². The Morgan fingerprint density at radius 2 is 1.95 bits per heavy atom. The van der Waals surface area contributed by atoms with Crippen molar-refractivity contribution in [2.75, 3.05) is 5.32 Å². The number of aryl methyl sites for hydroxylation is 1. The topological polar surface area (TPSA) is 24.9 Å². The summed E-state index contributed by atoms with van der Waals surface area (Å²) < 4.78 is 37.4. The third-order valence-electron chi connectivity index (χ3n) is 2.73. The predicted octanol–water partition coefficient (Wildman–Crippen LogP) is 4.61. The largest absolute Gasteiger partial charge is 0.446 e. The van der Waals surface area contributed by atoms with Crippen molar-refractivity contribution in [2.45, 2.75) is 23.9 Å². The lowest BCUT2D eigenvalue weighted by Crippen LogP contribution is -2.05. The minimum absolute atomic E-state index is 0.111. The van der Waals surface area contributed by atoms with Crippen LogP contribution in [0.15, 0.2) is 47.6 Å². The van der Waals surface area contributed by atoms with Gasteiger partial charge in [-0.25, -0.2) is 0 Å². The van der Waals surface area contributed by atoms with E-state index in [-0.39, 0.29) is 16.7 Å². The fourth-order valence-electron chi connectivity index (χ4n) is 1.70. The number of aromatic nitrogens is 1. The van der Waals surface area contributed by atoms with Gasteiger partial charge in [-0.2, -0.15) is 13.2 Å². The van der Waals surface area contributed by atoms with E-state index in [0.717, 1.165) is 11.1 Å². The monoisotopic (exact) mass is 298 g/mol. The van der Waals surface area contributed by atoms with Crippen molar-refractivity contribution in [1.82, 2.24) is 4.98 Å². The zero-order valence-corrected chi connectivity index (χ0v) is 11.6. The zero-order valence-electron chi connectivity index (χ0n) is 10.7. The zero-order chi connectivity index (χ0) is 14.6. The highest BCUT2D eigenvalue weighted by atomic mass is 32.2. The van der Waals surface area contributed by atoms with Crippen molar-refractivity contribution >= 4 is 17.4 Å². The number of nitrogens with one attached hydrogen (secondary N) is 1. The Kier molecular flexibility index (Phi) is 4.54. The summed E-state index contributed by atoms with van der Waals surface area (Å²) in [6.45, 7) is 2.38. The van der Waals surface area contributed by atoms with Crippen LogP contribution in [0, 0.1) is 6.92 Å². The molecule has 0 atom stereocenters. The summed E-state index contributed by atoms with van der Waals surface area (Å²) in [7, 11) is 0. The van der Waals surface area contributed by atoms with E-state index in [1.165, 1.54) is 6.07 Å². The van der Waals surface area contributed by atoms with E-state index >= 15 is 0 Å². The van der Waals surface area contributed by atoms with Gasteiger partial charge in [-0.3, -0.25) is 4.98 Å². The summed E-state index contributed by atoms with van der Waals surface area (Å²) in [5.74, 6) is 0. The second-order valence-electron chi connectivity index (χ2n) is 4.20. The van der Waals surface area contributed by atoms with E-state index < -0.39 is 5.51 Å². The molecule has 0 aliphatic heterocycles. The van der Waals surface area contributed by atoms with Gasteiger partial charge in [-0.1, -0.05) is 12.1 Å². The van der Waals surface area contributed by atoms with Gasteiger partial charge < -0.3 is 5.32 Å². The molecule has 20 heavy (non-hydrogen) atoms. The van der Waals surface area contributed by atoms with E-state index in [9.17, 15) is 13.2 Å². The van der Waals surface area contributed by atoms with E-state index in [1.807, 2.05) is 13.0 Å². The van der Waals surface area contributed by atoms with Gasteiger partial charge in [-0.15, -0.1) is 0 Å². The van der Waals surface area contributed by atoms with Crippen LogP contribution >= 0.6 is 11.8 Å². The molecule has 0 spiro atoms. The fraction of sp³-hybridized carbons (Fsp3) is 0.214. The highest BCUT2D eigenvalue weighted by Gasteiger charge is 2.30. The molecule has 2 aromatic rings. The van der Waals surface area contributed by atoms with Crippen molar-refractivity contribution in [2.24, 2.45) is 0 Å². The number of alkyl halides is 3. The average molecular weight is 298 g/mol. The van der Waals surface area contributed by atoms with Crippen LogP contribution in [0.3, 0.4) is 0 Å². The lowest BCUT2D eigenvalue weighted by molar-refractivity contribution is -0.0327. The molecule has 0 fully saturated rings. The summed E-state index contributed by atoms with van der Waals surface area (Å²) >= 11 is -0.111. The molecule has 1 N–H and O–H groups in total. The average Bonchev–Trinajstić information content (AvgIpc) is 2.37. The van der Waals surface area contributed by atoms with E-state index in [0.29, 0.717) is 12.2 Å². The summed E-state index contributed by atoms with van der Waals surface area (Å²) in [5.41, 5.74) is -1.81. The minimum Gasteiger partial charge on any atom is -0.380 e. The molecule has 0 unspecified atom stereocenters. The van der Waals surface area contributed by atoms with Crippen LogP contribution in [0.1, 0.15) is 11.1 Å². The van der Waals surface area contributed by atoms with Crippen molar-refractivity contribution < 1.29 is 13.2 Å². The van der Waals surface area contributed by atoms with Crippen LogP contribution in [0.5, 0.6) is 0 Å². The fourth-order valence-corrected chi connectivity index (χ4v) is 2.34. The molecule has 0 radical (unpaired) electrons. The number of para-hydroxylation sites is 1. The molecule has 6 heteroatoms. The Labute approximate surface area is 119 Å². The smallest absolute Gasteiger partial charge is 0.380 e. The highest BCUT2D eigenvalue weighted by molar-refractivity contribution is 8.00. The lowest BCUT2D eigenvalue weighted by atomic mass is 10.1. The molecule has 0 bridgehead atoms. The molecular weight excluding hydrogens is 285 g/mol. The first kappa shape index (κ1) is 14.7. The Balaban J connectivity index is 2.12. The van der Waals surface area contributed by atoms with Crippen molar-refractivity contribution in [3.8, 4) is 0 Å². The van der Waals surface area contributed by atoms with E-state index in [4.69, 9.17) is 0 Å². The Hall–Kier alpha value is -1.69. The van der Waals surface area contributed by atoms with Crippen molar-refractivity contribution in [3.63, 3.8) is 0 Å². The molecule has 1 aromatic heterocycles. The van der Waals surface area contributed by atoms with E-state index in [2.05, 4.69) is 10.3 Å². The quantitative estimate of drug-likeness (QED) is 0.834. The molecule has 0 amide bonds. The van der Waals surface area contributed by atoms with Gasteiger partial charge in [0.05, 0.1) is 0 Å². The Morgan fingerprint density at radius 3 is 2.65 bits per heavy atom. The molecule has 0 saturated carbocycles. The van der Waals surface area contributed by atoms with Crippen LogP contribution in [0.2, 0.25) is 0 Å². The predicted molar refractivity (Wildman–Crippen MR) is 74.7 cm³/mol. The van der Waals surface area contributed by atoms with Crippen LogP contribution in [0.4, 0.5) is 18.9 Å². The first-order valence-corrected chi connectivity index (χ1v) is 6.75. The van der Waals surface area contributed by atoms with Crippen molar-refractivity contribution in [1.29, 1.82) is 0 Å². The first-order chi connectivity index (χ1) is 9.46. The summed E-state index contributed by atoms with van der Waals surface area (Å²) in [6.07, 6.45) is 3.40. The van der Waals surface area contributed by atoms with Gasteiger partial charge in [-0.05, 0) is 48.0 Å². The molecule has 2 nitrogen and oxygen atoms in total. The number of rotatable bonds is 4. The number of hydrogen-bond donors (Lipinski definition) is 1. The molecule has 2 rings (SSSR count). The van der Waals surface area contributed by atoms with Crippen LogP contribution in [-0.4, -0.2) is 10.5 Å². The van der Waals surface area contributed by atoms with Gasteiger partial charge in [0.25, 0.3) is 0 Å². The summed E-state index contributed by atoms with van der Waals surface area (Å²) in [5, 5.41) is 3.03. The normalized spacial score (nSPS) is 11.4. The molecular formula is C14H13F3N2S.